The number of nitrogens with zero attached hydrogens (tertiary/aromatic N) is 1. The zero-order valence-corrected chi connectivity index (χ0v) is 14.4. The summed E-state index contributed by atoms with van der Waals surface area (Å²) in [5, 5.41) is 2.63. The standard InChI is InChI=1S/C19H18N2O5/c1-21(2)14-6-3-12(4-7-14)19(24)26-10-16(22)13-5-8-17-15(9-13)20-18(23)11-25-17/h3-9H,10-11H2,1-2H3,(H,20,23). The Hall–Kier alpha value is -3.35. The van der Waals surface area contributed by atoms with Gasteiger partial charge in [-0.15, -0.1) is 0 Å². The highest BCUT2D eigenvalue weighted by Gasteiger charge is 2.18. The van der Waals surface area contributed by atoms with E-state index in [2.05, 4.69) is 5.32 Å². The van der Waals surface area contributed by atoms with Gasteiger partial charge in [0.2, 0.25) is 0 Å². The van der Waals surface area contributed by atoms with Crippen LogP contribution in [0.25, 0.3) is 0 Å². The summed E-state index contributed by atoms with van der Waals surface area (Å²) in [5.41, 5.74) is 2.08. The van der Waals surface area contributed by atoms with Crippen molar-refractivity contribution in [3.8, 4) is 5.75 Å². The number of esters is 1. The summed E-state index contributed by atoms with van der Waals surface area (Å²) >= 11 is 0. The van der Waals surface area contributed by atoms with Gasteiger partial charge in [-0.1, -0.05) is 0 Å². The van der Waals surface area contributed by atoms with Crippen molar-refractivity contribution in [3.63, 3.8) is 0 Å². The number of carbonyl (C=O) groups excluding carboxylic acids is 3. The molecule has 26 heavy (non-hydrogen) atoms. The first-order valence-electron chi connectivity index (χ1n) is 7.98. The number of hydrogen-bond acceptors (Lipinski definition) is 6. The Bertz CT molecular complexity index is 859. The number of amides is 1. The summed E-state index contributed by atoms with van der Waals surface area (Å²) in [6, 6.07) is 11.6. The molecule has 0 spiro atoms. The van der Waals surface area contributed by atoms with Crippen LogP contribution in [0.4, 0.5) is 11.4 Å². The maximum Gasteiger partial charge on any atom is 0.338 e. The molecule has 3 rings (SSSR count). The topological polar surface area (TPSA) is 84.9 Å². The number of hydrogen-bond donors (Lipinski definition) is 1. The van der Waals surface area contributed by atoms with Crippen molar-refractivity contribution >= 4 is 29.0 Å². The van der Waals surface area contributed by atoms with Gasteiger partial charge in [0.15, 0.2) is 19.0 Å². The Morgan fingerprint density at radius 2 is 1.81 bits per heavy atom. The third-order valence-corrected chi connectivity index (χ3v) is 3.89. The van der Waals surface area contributed by atoms with E-state index < -0.39 is 5.97 Å². The van der Waals surface area contributed by atoms with Gasteiger partial charge in [-0.2, -0.15) is 0 Å². The molecule has 1 heterocycles. The number of Topliss-reactive ketones (excluding diaryl/α,β-unsaturated/α-hetero) is 1. The molecule has 134 valence electrons. The fourth-order valence-electron chi connectivity index (χ4n) is 2.45. The third kappa shape index (κ3) is 3.83. The molecule has 0 atom stereocenters. The Labute approximate surface area is 150 Å². The molecular formula is C19H18N2O5. The van der Waals surface area contributed by atoms with Crippen LogP contribution in [0.3, 0.4) is 0 Å². The second-order valence-corrected chi connectivity index (χ2v) is 5.99. The number of rotatable bonds is 5. The van der Waals surface area contributed by atoms with E-state index in [-0.39, 0.29) is 24.9 Å². The van der Waals surface area contributed by atoms with E-state index in [4.69, 9.17) is 9.47 Å². The lowest BCUT2D eigenvalue weighted by molar-refractivity contribution is -0.118. The summed E-state index contributed by atoms with van der Waals surface area (Å²) in [7, 11) is 3.80. The monoisotopic (exact) mass is 354 g/mol. The van der Waals surface area contributed by atoms with Crippen LogP contribution in [-0.4, -0.2) is 45.0 Å². The van der Waals surface area contributed by atoms with Gasteiger partial charge in [0.05, 0.1) is 11.3 Å². The Morgan fingerprint density at radius 3 is 2.50 bits per heavy atom. The molecule has 2 aromatic rings. The number of fused-ring (bicyclic) bond motifs is 1. The molecule has 0 bridgehead atoms. The van der Waals surface area contributed by atoms with Crippen LogP contribution in [0.15, 0.2) is 42.5 Å². The van der Waals surface area contributed by atoms with Crippen molar-refractivity contribution < 1.29 is 23.9 Å². The van der Waals surface area contributed by atoms with Crippen LogP contribution in [0.5, 0.6) is 5.75 Å². The molecule has 1 N–H and O–H groups in total. The minimum absolute atomic E-state index is 0.0511. The van der Waals surface area contributed by atoms with Crippen LogP contribution in [0.2, 0.25) is 0 Å². The maximum atomic E-state index is 12.3. The Balaban J connectivity index is 1.62. The van der Waals surface area contributed by atoms with Gasteiger partial charge in [0, 0.05) is 25.3 Å². The van der Waals surface area contributed by atoms with Crippen molar-refractivity contribution in [2.24, 2.45) is 0 Å². The van der Waals surface area contributed by atoms with E-state index in [9.17, 15) is 14.4 Å². The number of benzene rings is 2. The Morgan fingerprint density at radius 1 is 1.12 bits per heavy atom. The van der Waals surface area contributed by atoms with Gasteiger partial charge in [-0.25, -0.2) is 4.79 Å². The minimum atomic E-state index is -0.571. The lowest BCUT2D eigenvalue weighted by Crippen LogP contribution is -2.25. The molecule has 1 aliphatic rings. The van der Waals surface area contributed by atoms with Crippen molar-refractivity contribution in [3.05, 3.63) is 53.6 Å². The highest BCUT2D eigenvalue weighted by molar-refractivity contribution is 6.02. The van der Waals surface area contributed by atoms with E-state index in [1.165, 1.54) is 6.07 Å². The van der Waals surface area contributed by atoms with Crippen LogP contribution in [0, 0.1) is 0 Å². The SMILES string of the molecule is CN(C)c1ccc(C(=O)OCC(=O)c2ccc3c(c2)NC(=O)CO3)cc1. The average molecular weight is 354 g/mol. The van der Waals surface area contributed by atoms with Crippen molar-refractivity contribution in [2.75, 3.05) is 37.5 Å². The van der Waals surface area contributed by atoms with E-state index >= 15 is 0 Å². The summed E-state index contributed by atoms with van der Waals surface area (Å²) in [6.45, 7) is -0.438. The number of anilines is 2. The predicted molar refractivity (Wildman–Crippen MR) is 95.9 cm³/mol. The summed E-state index contributed by atoms with van der Waals surface area (Å²) in [4.78, 5) is 37.6. The molecule has 2 aromatic carbocycles. The molecule has 0 aliphatic carbocycles. The second-order valence-electron chi connectivity index (χ2n) is 5.99. The summed E-state index contributed by atoms with van der Waals surface area (Å²) < 4.78 is 10.3. The third-order valence-electron chi connectivity index (χ3n) is 3.89. The molecule has 0 radical (unpaired) electrons. The van der Waals surface area contributed by atoms with Crippen molar-refractivity contribution in [1.29, 1.82) is 0 Å². The van der Waals surface area contributed by atoms with E-state index in [1.807, 2.05) is 19.0 Å². The average Bonchev–Trinajstić information content (AvgIpc) is 2.65. The van der Waals surface area contributed by atoms with Gasteiger partial charge >= 0.3 is 5.97 Å². The van der Waals surface area contributed by atoms with Gasteiger partial charge in [-0.3, -0.25) is 9.59 Å². The number of carbonyl (C=O) groups is 3. The molecular weight excluding hydrogens is 336 g/mol. The molecule has 0 unspecified atom stereocenters. The van der Waals surface area contributed by atoms with Crippen LogP contribution in [0.1, 0.15) is 20.7 Å². The largest absolute Gasteiger partial charge is 0.482 e. The van der Waals surface area contributed by atoms with Gasteiger partial charge < -0.3 is 19.7 Å². The number of nitrogens with one attached hydrogen (secondary N) is 1. The smallest absolute Gasteiger partial charge is 0.338 e. The number of ketones is 1. The van der Waals surface area contributed by atoms with Crippen molar-refractivity contribution in [1.82, 2.24) is 0 Å². The van der Waals surface area contributed by atoms with E-state index in [1.54, 1.807) is 36.4 Å². The van der Waals surface area contributed by atoms with Gasteiger partial charge in [0.1, 0.15) is 5.75 Å². The van der Waals surface area contributed by atoms with E-state index in [0.717, 1.165) is 5.69 Å². The fraction of sp³-hybridized carbons (Fsp3) is 0.211. The normalized spacial score (nSPS) is 12.5. The fourth-order valence-corrected chi connectivity index (χ4v) is 2.45. The first kappa shape index (κ1) is 17.5. The van der Waals surface area contributed by atoms with Gasteiger partial charge in [0.25, 0.3) is 5.91 Å². The molecule has 0 aromatic heterocycles. The summed E-state index contributed by atoms with van der Waals surface area (Å²) in [6.07, 6.45) is 0. The predicted octanol–water partition coefficient (Wildman–Crippen LogP) is 2.12. The number of ether oxygens (including phenoxy) is 2. The molecule has 7 heteroatoms. The molecule has 0 saturated carbocycles. The van der Waals surface area contributed by atoms with Crippen LogP contribution in [-0.2, 0) is 9.53 Å². The first-order chi connectivity index (χ1) is 12.4. The van der Waals surface area contributed by atoms with Gasteiger partial charge in [-0.05, 0) is 42.5 Å². The van der Waals surface area contributed by atoms with Crippen LogP contribution < -0.4 is 15.0 Å². The molecule has 0 fully saturated rings. The minimum Gasteiger partial charge on any atom is -0.482 e. The Kier molecular flexibility index (Phi) is 4.88. The zero-order valence-electron chi connectivity index (χ0n) is 14.4. The van der Waals surface area contributed by atoms with E-state index in [0.29, 0.717) is 22.6 Å². The first-order valence-corrected chi connectivity index (χ1v) is 7.98. The maximum absolute atomic E-state index is 12.3. The second kappa shape index (κ2) is 7.26. The molecule has 0 saturated heterocycles. The highest BCUT2D eigenvalue weighted by atomic mass is 16.5. The molecule has 1 amide bonds. The zero-order chi connectivity index (χ0) is 18.7. The van der Waals surface area contributed by atoms with Crippen molar-refractivity contribution in [2.45, 2.75) is 0 Å². The quantitative estimate of drug-likeness (QED) is 0.654. The lowest BCUT2D eigenvalue weighted by atomic mass is 10.1. The lowest BCUT2D eigenvalue weighted by Gasteiger charge is -2.18. The molecule has 7 nitrogen and oxygen atoms in total. The van der Waals surface area contributed by atoms with Crippen LogP contribution >= 0.6 is 0 Å². The molecule has 1 aliphatic heterocycles. The highest BCUT2D eigenvalue weighted by Crippen LogP contribution is 2.28. The summed E-state index contributed by atoms with van der Waals surface area (Å²) in [5.74, 6) is -0.724.